The third-order valence-electron chi connectivity index (χ3n) is 2.80. The van der Waals surface area contributed by atoms with Crippen LogP contribution < -0.4 is 5.32 Å². The second-order valence-corrected chi connectivity index (χ2v) is 4.89. The van der Waals surface area contributed by atoms with Crippen molar-refractivity contribution in [2.75, 3.05) is 5.32 Å². The number of nitrogens with one attached hydrogen (secondary N) is 1. The van der Waals surface area contributed by atoms with Crippen molar-refractivity contribution >= 4 is 35.2 Å². The van der Waals surface area contributed by atoms with Crippen LogP contribution in [0.5, 0.6) is 0 Å². The van der Waals surface area contributed by atoms with Gasteiger partial charge >= 0.3 is 5.97 Å². The summed E-state index contributed by atoms with van der Waals surface area (Å²) < 4.78 is 0. The number of halogens is 1. The van der Waals surface area contributed by atoms with Gasteiger partial charge in [0.15, 0.2) is 0 Å². The summed E-state index contributed by atoms with van der Waals surface area (Å²) >= 11 is 6.25. The van der Waals surface area contributed by atoms with Gasteiger partial charge in [-0.15, -0.1) is 0 Å². The van der Waals surface area contributed by atoms with E-state index in [1.54, 1.807) is 30.5 Å². The van der Waals surface area contributed by atoms with Gasteiger partial charge in [0.2, 0.25) is 5.91 Å². The molecule has 1 aromatic heterocycles. The molecule has 2 rings (SSSR count). The zero-order valence-electron chi connectivity index (χ0n) is 11.7. The van der Waals surface area contributed by atoms with E-state index in [1.807, 2.05) is 6.07 Å². The number of hydrogen-bond acceptors (Lipinski definition) is 3. The lowest BCUT2D eigenvalue weighted by atomic mass is 10.0. The van der Waals surface area contributed by atoms with Crippen molar-refractivity contribution in [3.05, 3.63) is 53.2 Å². The van der Waals surface area contributed by atoms with Crippen molar-refractivity contribution in [1.29, 1.82) is 0 Å². The second kappa shape index (κ2) is 6.87. The Morgan fingerprint density at radius 1 is 1.32 bits per heavy atom. The molecule has 0 spiro atoms. The Hall–Kier alpha value is -2.66. The number of carbonyl (C=O) groups excluding carboxylic acids is 1. The van der Waals surface area contributed by atoms with Crippen molar-refractivity contribution in [2.45, 2.75) is 6.92 Å². The fourth-order valence-electron chi connectivity index (χ4n) is 1.91. The van der Waals surface area contributed by atoms with Crippen LogP contribution in [0.3, 0.4) is 0 Å². The van der Waals surface area contributed by atoms with Gasteiger partial charge in [-0.2, -0.15) is 0 Å². The summed E-state index contributed by atoms with van der Waals surface area (Å²) in [6.07, 6.45) is 4.04. The van der Waals surface area contributed by atoms with Crippen molar-refractivity contribution < 1.29 is 14.7 Å². The molecule has 0 fully saturated rings. The Kier molecular flexibility index (Phi) is 4.91. The number of pyridine rings is 1. The predicted octanol–water partition coefficient (Wildman–Crippen LogP) is 3.46. The number of amides is 1. The number of carboxylic acid groups (broad SMARTS) is 1. The minimum Gasteiger partial charge on any atom is -0.478 e. The molecule has 0 saturated carbocycles. The molecule has 0 saturated heterocycles. The largest absolute Gasteiger partial charge is 0.478 e. The highest BCUT2D eigenvalue weighted by atomic mass is 35.5. The molecular formula is C16H13ClN2O3. The molecule has 0 unspecified atom stereocenters. The van der Waals surface area contributed by atoms with Gasteiger partial charge in [0.1, 0.15) is 0 Å². The lowest BCUT2D eigenvalue weighted by Crippen LogP contribution is -2.07. The first-order chi connectivity index (χ1) is 10.5. The molecule has 2 aromatic rings. The molecule has 0 radical (unpaired) electrons. The molecule has 1 heterocycles. The Morgan fingerprint density at radius 3 is 2.68 bits per heavy atom. The average Bonchev–Trinajstić information content (AvgIpc) is 2.46. The summed E-state index contributed by atoms with van der Waals surface area (Å²) in [5.41, 5.74) is 2.28. The first kappa shape index (κ1) is 15.7. The van der Waals surface area contributed by atoms with Crippen LogP contribution in [0.25, 0.3) is 17.3 Å². The molecule has 1 aromatic carbocycles. The summed E-state index contributed by atoms with van der Waals surface area (Å²) in [4.78, 5) is 26.2. The van der Waals surface area contributed by atoms with Gasteiger partial charge in [-0.25, -0.2) is 4.79 Å². The maximum Gasteiger partial charge on any atom is 0.328 e. The van der Waals surface area contributed by atoms with Gasteiger partial charge in [0.05, 0.1) is 10.7 Å². The monoisotopic (exact) mass is 316 g/mol. The Morgan fingerprint density at radius 2 is 2.09 bits per heavy atom. The Balaban J connectivity index is 2.56. The summed E-state index contributed by atoms with van der Waals surface area (Å²) in [5, 5.41) is 11.8. The van der Waals surface area contributed by atoms with Gasteiger partial charge in [-0.05, 0) is 35.9 Å². The van der Waals surface area contributed by atoms with E-state index in [0.717, 1.165) is 6.08 Å². The summed E-state index contributed by atoms with van der Waals surface area (Å²) in [7, 11) is 0. The first-order valence-corrected chi connectivity index (χ1v) is 6.78. The van der Waals surface area contributed by atoms with Crippen molar-refractivity contribution in [3.8, 4) is 11.3 Å². The number of carboxylic acids is 1. The fourth-order valence-corrected chi connectivity index (χ4v) is 2.17. The van der Waals surface area contributed by atoms with Crippen molar-refractivity contribution in [1.82, 2.24) is 4.98 Å². The molecule has 0 aliphatic rings. The number of aromatic nitrogens is 1. The van der Waals surface area contributed by atoms with Crippen LogP contribution in [0.2, 0.25) is 5.02 Å². The molecule has 0 atom stereocenters. The van der Waals surface area contributed by atoms with Crippen LogP contribution in [-0.4, -0.2) is 22.0 Å². The Bertz CT molecular complexity index is 743. The van der Waals surface area contributed by atoms with E-state index in [-0.39, 0.29) is 5.91 Å². The minimum absolute atomic E-state index is 0.272. The van der Waals surface area contributed by atoms with Crippen molar-refractivity contribution in [2.24, 2.45) is 0 Å². The molecule has 0 aliphatic heterocycles. The zero-order chi connectivity index (χ0) is 16.1. The second-order valence-electron chi connectivity index (χ2n) is 4.49. The highest BCUT2D eigenvalue weighted by Gasteiger charge is 2.11. The third-order valence-corrected chi connectivity index (χ3v) is 3.11. The smallest absolute Gasteiger partial charge is 0.328 e. The number of carbonyl (C=O) groups is 2. The Labute approximate surface area is 132 Å². The average molecular weight is 317 g/mol. The molecule has 6 heteroatoms. The lowest BCUT2D eigenvalue weighted by molar-refractivity contribution is -0.131. The van der Waals surface area contributed by atoms with E-state index < -0.39 is 5.97 Å². The molecular weight excluding hydrogens is 304 g/mol. The van der Waals surface area contributed by atoms with Crippen LogP contribution in [-0.2, 0) is 9.59 Å². The van der Waals surface area contributed by atoms with E-state index in [0.29, 0.717) is 27.5 Å². The number of anilines is 1. The molecule has 2 N–H and O–H groups in total. The van der Waals surface area contributed by atoms with Crippen LogP contribution in [0.1, 0.15) is 12.5 Å². The van der Waals surface area contributed by atoms with E-state index in [2.05, 4.69) is 10.3 Å². The summed E-state index contributed by atoms with van der Waals surface area (Å²) in [6, 6.07) is 8.68. The van der Waals surface area contributed by atoms with E-state index >= 15 is 0 Å². The number of hydrogen-bond donors (Lipinski definition) is 2. The summed E-state index contributed by atoms with van der Waals surface area (Å²) in [6.45, 7) is 1.37. The topological polar surface area (TPSA) is 79.3 Å². The van der Waals surface area contributed by atoms with Crippen LogP contribution in [0.15, 0.2) is 42.6 Å². The number of nitrogens with zero attached hydrogens (tertiary/aromatic N) is 1. The number of rotatable bonds is 4. The maximum atomic E-state index is 11.3. The first-order valence-electron chi connectivity index (χ1n) is 6.41. The zero-order valence-corrected chi connectivity index (χ0v) is 12.5. The van der Waals surface area contributed by atoms with Crippen molar-refractivity contribution in [3.63, 3.8) is 0 Å². The molecule has 112 valence electrons. The van der Waals surface area contributed by atoms with Crippen LogP contribution in [0.4, 0.5) is 5.69 Å². The summed E-state index contributed by atoms with van der Waals surface area (Å²) in [5.74, 6) is -1.35. The van der Waals surface area contributed by atoms with E-state index in [9.17, 15) is 9.59 Å². The SMILES string of the molecule is CC(=O)Nc1cc(Cl)c(-c2ccccn2)cc1C=CC(=O)O. The van der Waals surface area contributed by atoms with Gasteiger partial charge in [-0.3, -0.25) is 9.78 Å². The minimum atomic E-state index is -1.08. The third kappa shape index (κ3) is 3.93. The molecule has 1 amide bonds. The quantitative estimate of drug-likeness (QED) is 0.847. The molecule has 0 bridgehead atoms. The highest BCUT2D eigenvalue weighted by molar-refractivity contribution is 6.33. The normalized spacial score (nSPS) is 10.6. The number of aliphatic carboxylic acids is 1. The van der Waals surface area contributed by atoms with E-state index in [4.69, 9.17) is 16.7 Å². The standard InChI is InChI=1S/C16H13ClN2O3/c1-10(20)19-15-9-13(17)12(14-4-2-3-7-18-14)8-11(15)5-6-16(21)22/h2-9H,1H3,(H,19,20)(H,21,22). The molecule has 5 nitrogen and oxygen atoms in total. The van der Waals surface area contributed by atoms with Crippen LogP contribution in [0, 0.1) is 0 Å². The van der Waals surface area contributed by atoms with Gasteiger partial charge < -0.3 is 10.4 Å². The predicted molar refractivity (Wildman–Crippen MR) is 85.7 cm³/mol. The fraction of sp³-hybridized carbons (Fsp3) is 0.0625. The van der Waals surface area contributed by atoms with Crippen LogP contribution >= 0.6 is 11.6 Å². The molecule has 0 aliphatic carbocycles. The maximum absolute atomic E-state index is 11.3. The van der Waals surface area contributed by atoms with E-state index in [1.165, 1.54) is 13.0 Å². The lowest BCUT2D eigenvalue weighted by Gasteiger charge is -2.11. The number of benzene rings is 1. The molecule has 22 heavy (non-hydrogen) atoms. The van der Waals surface area contributed by atoms with Gasteiger partial charge in [0.25, 0.3) is 0 Å². The highest BCUT2D eigenvalue weighted by Crippen LogP contribution is 2.32. The van der Waals surface area contributed by atoms with Gasteiger partial charge in [0, 0.05) is 30.4 Å². The van der Waals surface area contributed by atoms with Gasteiger partial charge in [-0.1, -0.05) is 17.7 Å².